The molecule has 0 aliphatic carbocycles. The van der Waals surface area contributed by atoms with E-state index in [0.29, 0.717) is 12.1 Å². The van der Waals surface area contributed by atoms with Crippen molar-refractivity contribution >= 4 is 28.7 Å². The number of nitrogens with one attached hydrogen (secondary N) is 1. The second-order valence-electron chi connectivity index (χ2n) is 5.56. The lowest BCUT2D eigenvalue weighted by Gasteiger charge is -2.12. The summed E-state index contributed by atoms with van der Waals surface area (Å²) < 4.78 is 11.3. The van der Waals surface area contributed by atoms with Gasteiger partial charge in [0.05, 0.1) is 16.5 Å². The van der Waals surface area contributed by atoms with Crippen molar-refractivity contribution in [2.45, 2.75) is 39.3 Å². The van der Waals surface area contributed by atoms with Crippen LogP contribution in [0.25, 0.3) is 11.1 Å². The van der Waals surface area contributed by atoms with Gasteiger partial charge in [0, 0.05) is 25.6 Å². The molecule has 0 saturated heterocycles. The number of hydrogen-bond acceptors (Lipinski definition) is 7. The summed E-state index contributed by atoms with van der Waals surface area (Å²) in [6.07, 6.45) is -0.594. The zero-order valence-corrected chi connectivity index (χ0v) is 14.4. The fourth-order valence-electron chi connectivity index (χ4n) is 2.39. The number of carbonyl (C=O) groups excluding carboxylic acids is 2. The summed E-state index contributed by atoms with van der Waals surface area (Å²) in [6, 6.07) is 3.87. The Morgan fingerprint density at radius 3 is 2.81 bits per heavy atom. The van der Waals surface area contributed by atoms with E-state index in [1.165, 1.54) is 29.7 Å². The molecule has 1 heterocycles. The molecule has 1 aromatic carbocycles. The van der Waals surface area contributed by atoms with Crippen LogP contribution in [0.1, 0.15) is 26.7 Å². The average molecular weight is 365 g/mol. The Labute approximate surface area is 147 Å². The van der Waals surface area contributed by atoms with Crippen LogP contribution in [-0.4, -0.2) is 34.0 Å². The molecule has 26 heavy (non-hydrogen) atoms. The lowest BCUT2D eigenvalue weighted by Crippen LogP contribution is -2.35. The van der Waals surface area contributed by atoms with Gasteiger partial charge in [-0.1, -0.05) is 0 Å². The number of nitrogens with zero attached hydrogens (tertiary/aromatic N) is 2. The quantitative estimate of drug-likeness (QED) is 0.424. The van der Waals surface area contributed by atoms with Crippen molar-refractivity contribution in [2.75, 3.05) is 6.54 Å². The van der Waals surface area contributed by atoms with Crippen LogP contribution in [0.5, 0.6) is 0 Å². The van der Waals surface area contributed by atoms with E-state index in [0.717, 1.165) is 0 Å². The number of nitro benzene ring substituents is 1. The molecular formula is C16H19N3O7. The summed E-state index contributed by atoms with van der Waals surface area (Å²) in [4.78, 5) is 45.4. The number of benzene rings is 1. The number of ether oxygens (including phenoxy) is 1. The Hall–Kier alpha value is -3.17. The highest BCUT2D eigenvalue weighted by Crippen LogP contribution is 2.20. The predicted molar refractivity (Wildman–Crippen MR) is 90.6 cm³/mol. The summed E-state index contributed by atoms with van der Waals surface area (Å²) >= 11 is 0. The van der Waals surface area contributed by atoms with Crippen LogP contribution in [0.2, 0.25) is 0 Å². The van der Waals surface area contributed by atoms with Crippen molar-refractivity contribution in [1.29, 1.82) is 0 Å². The Morgan fingerprint density at radius 2 is 2.15 bits per heavy atom. The SMILES string of the molecule is CCNC(=O)C(C)OC(=O)CCCn1c(=O)oc2cc([N+](=O)[O-])ccc21. The number of esters is 1. The molecule has 0 fully saturated rings. The number of fused-ring (bicyclic) bond motifs is 1. The van der Waals surface area contributed by atoms with E-state index in [1.807, 2.05) is 0 Å². The number of amides is 1. The number of hydrogen-bond donors (Lipinski definition) is 1. The first-order chi connectivity index (χ1) is 12.3. The average Bonchev–Trinajstić information content (AvgIpc) is 2.89. The second kappa shape index (κ2) is 8.28. The van der Waals surface area contributed by atoms with Gasteiger partial charge in [-0.05, 0) is 26.3 Å². The van der Waals surface area contributed by atoms with Crippen LogP contribution in [0.4, 0.5) is 5.69 Å². The van der Waals surface area contributed by atoms with Crippen LogP contribution in [0.3, 0.4) is 0 Å². The van der Waals surface area contributed by atoms with Crippen molar-refractivity contribution < 1.29 is 23.7 Å². The van der Waals surface area contributed by atoms with Gasteiger partial charge in [-0.3, -0.25) is 24.3 Å². The van der Waals surface area contributed by atoms with Gasteiger partial charge in [0.15, 0.2) is 11.7 Å². The lowest BCUT2D eigenvalue weighted by molar-refractivity contribution is -0.384. The molecule has 10 nitrogen and oxygen atoms in total. The van der Waals surface area contributed by atoms with Crippen molar-refractivity contribution in [1.82, 2.24) is 9.88 Å². The second-order valence-corrected chi connectivity index (χ2v) is 5.56. The first-order valence-corrected chi connectivity index (χ1v) is 8.08. The number of likely N-dealkylation sites (N-methyl/N-ethyl adjacent to an activating group) is 1. The van der Waals surface area contributed by atoms with E-state index in [1.54, 1.807) is 6.92 Å². The number of carbonyl (C=O) groups is 2. The largest absolute Gasteiger partial charge is 0.453 e. The molecule has 140 valence electrons. The number of rotatable bonds is 8. The zero-order valence-electron chi connectivity index (χ0n) is 14.4. The normalized spacial score (nSPS) is 11.9. The van der Waals surface area contributed by atoms with Crippen LogP contribution >= 0.6 is 0 Å². The van der Waals surface area contributed by atoms with Gasteiger partial charge in [0.1, 0.15) is 0 Å². The molecule has 2 rings (SSSR count). The molecule has 0 aliphatic rings. The minimum Gasteiger partial charge on any atom is -0.453 e. The first kappa shape index (κ1) is 19.2. The summed E-state index contributed by atoms with van der Waals surface area (Å²) in [5.74, 6) is -1.59. The molecule has 0 bridgehead atoms. The van der Waals surface area contributed by atoms with Crippen LogP contribution in [-0.2, 0) is 20.9 Å². The maximum Gasteiger partial charge on any atom is 0.419 e. The van der Waals surface area contributed by atoms with Gasteiger partial charge >= 0.3 is 11.7 Å². The first-order valence-electron chi connectivity index (χ1n) is 8.08. The monoisotopic (exact) mass is 365 g/mol. The van der Waals surface area contributed by atoms with Crippen LogP contribution in [0.15, 0.2) is 27.4 Å². The van der Waals surface area contributed by atoms with E-state index < -0.39 is 22.8 Å². The topological polar surface area (TPSA) is 134 Å². The minimum atomic E-state index is -0.888. The molecule has 1 N–H and O–H groups in total. The third-order valence-corrected chi connectivity index (χ3v) is 3.65. The standard InChI is InChI=1S/C16H19N3O7/c1-3-17-15(21)10(2)25-14(20)5-4-8-18-12-7-6-11(19(23)24)9-13(12)26-16(18)22/h6-7,9-10H,3-5,8H2,1-2H3,(H,17,21). The molecule has 1 aromatic heterocycles. The summed E-state index contributed by atoms with van der Waals surface area (Å²) in [7, 11) is 0. The lowest BCUT2D eigenvalue weighted by atomic mass is 10.2. The third-order valence-electron chi connectivity index (χ3n) is 3.65. The van der Waals surface area contributed by atoms with Crippen molar-refractivity contribution in [3.05, 3.63) is 38.9 Å². The van der Waals surface area contributed by atoms with Gasteiger partial charge in [-0.15, -0.1) is 0 Å². The molecule has 10 heteroatoms. The van der Waals surface area contributed by atoms with Gasteiger partial charge in [0.25, 0.3) is 11.6 Å². The maximum absolute atomic E-state index is 11.9. The highest BCUT2D eigenvalue weighted by molar-refractivity contribution is 5.83. The smallest absolute Gasteiger partial charge is 0.419 e. The highest BCUT2D eigenvalue weighted by atomic mass is 16.6. The van der Waals surface area contributed by atoms with E-state index in [-0.39, 0.29) is 36.6 Å². The summed E-state index contributed by atoms with van der Waals surface area (Å²) in [6.45, 7) is 3.85. The summed E-state index contributed by atoms with van der Waals surface area (Å²) in [5, 5.41) is 13.3. The molecular weight excluding hydrogens is 346 g/mol. The molecule has 1 amide bonds. The maximum atomic E-state index is 11.9. The van der Waals surface area contributed by atoms with Crippen LogP contribution < -0.4 is 11.1 Å². The zero-order chi connectivity index (χ0) is 19.3. The molecule has 0 radical (unpaired) electrons. The third kappa shape index (κ3) is 4.47. The van der Waals surface area contributed by atoms with Crippen LogP contribution in [0, 0.1) is 10.1 Å². The number of aryl methyl sites for hydroxylation is 1. The van der Waals surface area contributed by atoms with Crippen molar-refractivity contribution in [2.24, 2.45) is 0 Å². The molecule has 1 unspecified atom stereocenters. The van der Waals surface area contributed by atoms with E-state index in [2.05, 4.69) is 5.32 Å². The minimum absolute atomic E-state index is 0.00976. The van der Waals surface area contributed by atoms with Gasteiger partial charge < -0.3 is 14.5 Å². The fourth-order valence-corrected chi connectivity index (χ4v) is 2.39. The fraction of sp³-hybridized carbons (Fsp3) is 0.438. The molecule has 0 saturated carbocycles. The van der Waals surface area contributed by atoms with Crippen molar-refractivity contribution in [3.63, 3.8) is 0 Å². The highest BCUT2D eigenvalue weighted by Gasteiger charge is 2.18. The van der Waals surface area contributed by atoms with E-state index in [4.69, 9.17) is 9.15 Å². The summed E-state index contributed by atoms with van der Waals surface area (Å²) in [5.41, 5.74) is 0.336. The molecule has 2 aromatic rings. The number of oxazole rings is 1. The molecule has 0 aliphatic heterocycles. The van der Waals surface area contributed by atoms with Crippen molar-refractivity contribution in [3.8, 4) is 0 Å². The molecule has 1 atom stereocenters. The number of nitro groups is 1. The Kier molecular flexibility index (Phi) is 6.10. The van der Waals surface area contributed by atoms with E-state index >= 15 is 0 Å². The Bertz CT molecular complexity index is 884. The Morgan fingerprint density at radius 1 is 1.42 bits per heavy atom. The predicted octanol–water partition coefficient (Wildman–Crippen LogP) is 1.35. The number of aromatic nitrogens is 1. The van der Waals surface area contributed by atoms with Gasteiger partial charge in [0.2, 0.25) is 0 Å². The van der Waals surface area contributed by atoms with Gasteiger partial charge in [-0.25, -0.2) is 4.79 Å². The molecule has 0 spiro atoms. The number of non-ortho nitro benzene ring substituents is 1. The Balaban J connectivity index is 1.96. The van der Waals surface area contributed by atoms with E-state index in [9.17, 15) is 24.5 Å². The van der Waals surface area contributed by atoms with Gasteiger partial charge in [-0.2, -0.15) is 0 Å².